The van der Waals surface area contributed by atoms with Crippen molar-refractivity contribution < 1.29 is 8.42 Å². The van der Waals surface area contributed by atoms with Crippen molar-refractivity contribution in [1.82, 2.24) is 14.9 Å². The van der Waals surface area contributed by atoms with Crippen LogP contribution in [0.1, 0.15) is 19.3 Å². The number of hydrogen-bond acceptors (Lipinski definition) is 4. The molecule has 2 aliphatic rings. The lowest BCUT2D eigenvalue weighted by Crippen LogP contribution is -2.31. The van der Waals surface area contributed by atoms with E-state index in [1.54, 1.807) is 0 Å². The SMILES string of the molecule is CNS(=O)(=O)CC1C=C2C(CCN(C)C)=CNC2CC1. The van der Waals surface area contributed by atoms with E-state index in [4.69, 9.17) is 0 Å². The summed E-state index contributed by atoms with van der Waals surface area (Å²) < 4.78 is 25.8. The van der Waals surface area contributed by atoms with Gasteiger partial charge in [-0.1, -0.05) is 6.08 Å². The molecular formula is C14H25N3O2S. The lowest BCUT2D eigenvalue weighted by molar-refractivity contribution is 0.413. The second-order valence-electron chi connectivity index (χ2n) is 5.89. The van der Waals surface area contributed by atoms with E-state index < -0.39 is 10.0 Å². The molecule has 2 atom stereocenters. The molecule has 0 radical (unpaired) electrons. The molecule has 1 aliphatic carbocycles. The third-order valence-corrected chi connectivity index (χ3v) is 5.51. The molecule has 0 aromatic carbocycles. The number of fused-ring (bicyclic) bond motifs is 1. The summed E-state index contributed by atoms with van der Waals surface area (Å²) in [5.41, 5.74) is 2.64. The molecular weight excluding hydrogens is 274 g/mol. The zero-order valence-electron chi connectivity index (χ0n) is 12.5. The first-order chi connectivity index (χ1) is 9.41. The van der Waals surface area contributed by atoms with Crippen LogP contribution < -0.4 is 10.0 Å². The quantitative estimate of drug-likeness (QED) is 0.757. The second kappa shape index (κ2) is 6.28. The van der Waals surface area contributed by atoms with Crippen molar-refractivity contribution in [2.24, 2.45) is 5.92 Å². The lowest BCUT2D eigenvalue weighted by Gasteiger charge is -2.26. The topological polar surface area (TPSA) is 61.4 Å². The Morgan fingerprint density at radius 2 is 2.15 bits per heavy atom. The van der Waals surface area contributed by atoms with Crippen LogP contribution in [-0.2, 0) is 10.0 Å². The fourth-order valence-electron chi connectivity index (χ4n) is 2.84. The van der Waals surface area contributed by atoms with Crippen LogP contribution in [0.3, 0.4) is 0 Å². The minimum Gasteiger partial charge on any atom is -0.384 e. The zero-order chi connectivity index (χ0) is 14.8. The Labute approximate surface area is 122 Å². The molecule has 114 valence electrons. The maximum atomic E-state index is 11.7. The van der Waals surface area contributed by atoms with Gasteiger partial charge < -0.3 is 10.2 Å². The highest BCUT2D eigenvalue weighted by atomic mass is 32.2. The summed E-state index contributed by atoms with van der Waals surface area (Å²) in [4.78, 5) is 2.17. The van der Waals surface area contributed by atoms with E-state index in [9.17, 15) is 8.42 Å². The van der Waals surface area contributed by atoms with E-state index in [-0.39, 0.29) is 11.7 Å². The minimum absolute atomic E-state index is 0.126. The van der Waals surface area contributed by atoms with Crippen LogP contribution in [0.15, 0.2) is 23.4 Å². The van der Waals surface area contributed by atoms with Crippen molar-refractivity contribution in [3.8, 4) is 0 Å². The fraction of sp³-hybridized carbons (Fsp3) is 0.714. The predicted molar refractivity (Wildman–Crippen MR) is 81.8 cm³/mol. The van der Waals surface area contributed by atoms with Gasteiger partial charge in [0.2, 0.25) is 10.0 Å². The van der Waals surface area contributed by atoms with Crippen molar-refractivity contribution in [3.05, 3.63) is 23.4 Å². The average molecular weight is 299 g/mol. The fourth-order valence-corrected chi connectivity index (χ4v) is 3.83. The van der Waals surface area contributed by atoms with E-state index >= 15 is 0 Å². The van der Waals surface area contributed by atoms with Crippen molar-refractivity contribution in [2.45, 2.75) is 25.3 Å². The number of hydrogen-bond donors (Lipinski definition) is 2. The van der Waals surface area contributed by atoms with E-state index in [0.29, 0.717) is 6.04 Å². The van der Waals surface area contributed by atoms with Crippen molar-refractivity contribution in [1.29, 1.82) is 0 Å². The monoisotopic (exact) mass is 299 g/mol. The molecule has 0 aromatic heterocycles. The van der Waals surface area contributed by atoms with Crippen LogP contribution in [0.5, 0.6) is 0 Å². The Hall–Kier alpha value is -0.850. The predicted octanol–water partition coefficient (Wildman–Crippen LogP) is 0.679. The first-order valence-electron chi connectivity index (χ1n) is 7.14. The normalized spacial score (nSPS) is 26.0. The molecule has 0 bridgehead atoms. The molecule has 1 heterocycles. The van der Waals surface area contributed by atoms with Crippen LogP contribution in [0, 0.1) is 5.92 Å². The highest BCUT2D eigenvalue weighted by Crippen LogP contribution is 2.33. The van der Waals surface area contributed by atoms with Gasteiger partial charge in [-0.2, -0.15) is 0 Å². The summed E-state index contributed by atoms with van der Waals surface area (Å²) in [6.45, 7) is 1.01. The number of nitrogens with zero attached hydrogens (tertiary/aromatic N) is 1. The number of allylic oxidation sites excluding steroid dienone is 1. The van der Waals surface area contributed by atoms with Gasteiger partial charge in [-0.25, -0.2) is 13.1 Å². The maximum absolute atomic E-state index is 11.7. The van der Waals surface area contributed by atoms with E-state index in [0.717, 1.165) is 25.8 Å². The molecule has 0 amide bonds. The first-order valence-corrected chi connectivity index (χ1v) is 8.79. The second-order valence-corrected chi connectivity index (χ2v) is 7.86. The Kier molecular flexibility index (Phi) is 4.88. The molecule has 0 fully saturated rings. The van der Waals surface area contributed by atoms with E-state index in [2.05, 4.69) is 41.3 Å². The standard InChI is InChI=1S/C14H25N3O2S/c1-15-20(18,19)10-11-4-5-14-13(8-11)12(9-16-14)6-7-17(2)3/h8-9,11,14-16H,4-7,10H2,1-3H3. The van der Waals surface area contributed by atoms with Gasteiger partial charge in [-0.05, 0) is 57.5 Å². The smallest absolute Gasteiger partial charge is 0.211 e. The van der Waals surface area contributed by atoms with Gasteiger partial charge in [0.1, 0.15) is 0 Å². The molecule has 1 aliphatic heterocycles. The van der Waals surface area contributed by atoms with Crippen molar-refractivity contribution in [3.63, 3.8) is 0 Å². The average Bonchev–Trinajstić information content (AvgIpc) is 2.78. The largest absolute Gasteiger partial charge is 0.384 e. The first kappa shape index (κ1) is 15.5. The molecule has 0 saturated carbocycles. The van der Waals surface area contributed by atoms with Crippen LogP contribution in [0.2, 0.25) is 0 Å². The van der Waals surface area contributed by atoms with Gasteiger partial charge in [0.05, 0.1) is 11.8 Å². The molecule has 20 heavy (non-hydrogen) atoms. The lowest BCUT2D eigenvalue weighted by atomic mass is 9.85. The summed E-state index contributed by atoms with van der Waals surface area (Å²) in [5.74, 6) is 0.321. The molecule has 0 aromatic rings. The Morgan fingerprint density at radius 1 is 1.40 bits per heavy atom. The number of rotatable bonds is 6. The molecule has 6 heteroatoms. The Morgan fingerprint density at radius 3 is 2.80 bits per heavy atom. The molecule has 0 spiro atoms. The summed E-state index contributed by atoms with van der Waals surface area (Å²) in [6, 6.07) is 0.390. The Bertz CT molecular complexity index is 509. The van der Waals surface area contributed by atoms with Crippen molar-refractivity contribution >= 4 is 10.0 Å². The van der Waals surface area contributed by atoms with Crippen LogP contribution in [-0.4, -0.2) is 52.8 Å². The number of sulfonamides is 1. The van der Waals surface area contributed by atoms with Gasteiger partial charge in [0.15, 0.2) is 0 Å². The summed E-state index contributed by atoms with van der Waals surface area (Å²) in [7, 11) is 2.48. The van der Waals surface area contributed by atoms with Gasteiger partial charge >= 0.3 is 0 Å². The zero-order valence-corrected chi connectivity index (χ0v) is 13.3. The van der Waals surface area contributed by atoms with E-state index in [1.165, 1.54) is 18.2 Å². The molecule has 5 nitrogen and oxygen atoms in total. The summed E-state index contributed by atoms with van der Waals surface area (Å²) >= 11 is 0. The van der Waals surface area contributed by atoms with E-state index in [1.807, 2.05) is 0 Å². The summed E-state index contributed by atoms with van der Waals surface area (Å²) in [6.07, 6.45) is 7.22. The van der Waals surface area contributed by atoms with Crippen LogP contribution in [0.4, 0.5) is 0 Å². The molecule has 2 rings (SSSR count). The highest BCUT2D eigenvalue weighted by molar-refractivity contribution is 7.89. The Balaban J connectivity index is 2.05. The van der Waals surface area contributed by atoms with Crippen LogP contribution >= 0.6 is 0 Å². The molecule has 0 saturated heterocycles. The minimum atomic E-state index is -3.13. The third kappa shape index (κ3) is 3.84. The number of nitrogens with one attached hydrogen (secondary N) is 2. The highest BCUT2D eigenvalue weighted by Gasteiger charge is 2.29. The molecule has 2 N–H and O–H groups in total. The van der Waals surface area contributed by atoms with Gasteiger partial charge in [0, 0.05) is 12.7 Å². The molecule has 2 unspecified atom stereocenters. The van der Waals surface area contributed by atoms with Gasteiger partial charge in [-0.3, -0.25) is 0 Å². The maximum Gasteiger partial charge on any atom is 0.211 e. The van der Waals surface area contributed by atoms with Gasteiger partial charge in [-0.15, -0.1) is 0 Å². The van der Waals surface area contributed by atoms with Gasteiger partial charge in [0.25, 0.3) is 0 Å². The summed E-state index contributed by atoms with van der Waals surface area (Å²) in [5, 5.41) is 3.42. The van der Waals surface area contributed by atoms with Crippen molar-refractivity contribution in [2.75, 3.05) is 33.4 Å². The van der Waals surface area contributed by atoms with Crippen LogP contribution in [0.25, 0.3) is 0 Å². The third-order valence-electron chi connectivity index (χ3n) is 4.02.